The highest BCUT2D eigenvalue weighted by Crippen LogP contribution is 2.31. The molecule has 0 radical (unpaired) electrons. The summed E-state index contributed by atoms with van der Waals surface area (Å²) in [5.41, 5.74) is -1.39. The van der Waals surface area contributed by atoms with E-state index in [1.165, 1.54) is 17.3 Å². The van der Waals surface area contributed by atoms with Crippen LogP contribution in [-0.4, -0.2) is 59.1 Å². The molecule has 1 aromatic heterocycles. The third-order valence-corrected chi connectivity index (χ3v) is 5.22. The van der Waals surface area contributed by atoms with Crippen molar-refractivity contribution in [2.75, 3.05) is 13.2 Å². The number of alkyl halides is 3. The van der Waals surface area contributed by atoms with Crippen LogP contribution in [0.5, 0.6) is 0 Å². The molecule has 0 amide bonds. The van der Waals surface area contributed by atoms with Crippen LogP contribution < -0.4 is 16.6 Å². The molecular weight excluding hydrogens is 507 g/mol. The predicted octanol–water partition coefficient (Wildman–Crippen LogP) is 0.959. The molecule has 2 saturated heterocycles. The van der Waals surface area contributed by atoms with E-state index in [1.54, 1.807) is 0 Å². The standard InChI is InChI=1S/C18H19BrF3N3O7/c19-4-3-9-7-25(17(29)24-14(9)26)13-6-11(32-15(27)10-2-1-5-23-10)12(31-13)8-30-16(28)18(20,21)22/h3-4,7,10-13,23H,1-2,5-6,8H2,(H,24,26,29)/b4-3+/t10-,11?,12+,13+/m0/s1. The number of carbonyl (C=O) groups is 2. The number of aromatic amines is 1. The van der Waals surface area contributed by atoms with Crippen molar-refractivity contribution >= 4 is 33.9 Å². The summed E-state index contributed by atoms with van der Waals surface area (Å²) in [6.07, 6.45) is -4.90. The minimum atomic E-state index is -5.20. The van der Waals surface area contributed by atoms with E-state index in [9.17, 15) is 32.3 Å². The fourth-order valence-electron chi connectivity index (χ4n) is 3.40. The second kappa shape index (κ2) is 10.0. The van der Waals surface area contributed by atoms with Gasteiger partial charge in [0.05, 0.1) is 5.56 Å². The van der Waals surface area contributed by atoms with Crippen molar-refractivity contribution in [1.82, 2.24) is 14.9 Å². The summed E-state index contributed by atoms with van der Waals surface area (Å²) in [5.74, 6) is -3.04. The Labute approximate surface area is 186 Å². The Bertz CT molecular complexity index is 1000. The van der Waals surface area contributed by atoms with Crippen LogP contribution in [0, 0.1) is 0 Å². The first-order chi connectivity index (χ1) is 15.1. The maximum absolute atomic E-state index is 12.5. The molecule has 2 aliphatic rings. The molecule has 0 saturated carbocycles. The van der Waals surface area contributed by atoms with Gasteiger partial charge in [-0.25, -0.2) is 9.59 Å². The van der Waals surface area contributed by atoms with Gasteiger partial charge in [0.15, 0.2) is 0 Å². The summed E-state index contributed by atoms with van der Waals surface area (Å²) in [6, 6.07) is -0.570. The number of ether oxygens (including phenoxy) is 3. The Morgan fingerprint density at radius 2 is 2.09 bits per heavy atom. The van der Waals surface area contributed by atoms with Gasteiger partial charge >= 0.3 is 23.8 Å². The number of hydrogen-bond acceptors (Lipinski definition) is 8. The van der Waals surface area contributed by atoms with E-state index in [2.05, 4.69) is 31.0 Å². The van der Waals surface area contributed by atoms with Gasteiger partial charge in [-0.3, -0.25) is 19.1 Å². The van der Waals surface area contributed by atoms with Gasteiger partial charge in [0.2, 0.25) is 0 Å². The summed E-state index contributed by atoms with van der Waals surface area (Å²) in [4.78, 5) is 51.1. The molecule has 3 rings (SSSR count). The van der Waals surface area contributed by atoms with E-state index in [0.29, 0.717) is 13.0 Å². The Kier molecular flexibility index (Phi) is 7.56. The molecule has 0 spiro atoms. The lowest BCUT2D eigenvalue weighted by atomic mass is 10.1. The number of halogens is 4. The highest BCUT2D eigenvalue weighted by atomic mass is 79.9. The minimum Gasteiger partial charge on any atom is -0.458 e. The number of aromatic nitrogens is 2. The molecule has 32 heavy (non-hydrogen) atoms. The van der Waals surface area contributed by atoms with E-state index >= 15 is 0 Å². The number of esters is 2. The molecule has 14 heteroatoms. The molecule has 2 N–H and O–H groups in total. The highest BCUT2D eigenvalue weighted by molar-refractivity contribution is 9.11. The van der Waals surface area contributed by atoms with E-state index < -0.39 is 60.4 Å². The van der Waals surface area contributed by atoms with Crippen LogP contribution in [0.4, 0.5) is 13.2 Å². The smallest absolute Gasteiger partial charge is 0.458 e. The van der Waals surface area contributed by atoms with Crippen molar-refractivity contribution in [2.45, 2.75) is 49.9 Å². The number of carbonyl (C=O) groups excluding carboxylic acids is 2. The predicted molar refractivity (Wildman–Crippen MR) is 106 cm³/mol. The van der Waals surface area contributed by atoms with E-state index in [-0.39, 0.29) is 12.0 Å². The molecule has 2 aliphatic heterocycles. The fourth-order valence-corrected chi connectivity index (χ4v) is 3.69. The Hall–Kier alpha value is -2.45. The highest BCUT2D eigenvalue weighted by Gasteiger charge is 2.45. The summed E-state index contributed by atoms with van der Waals surface area (Å²) in [6.45, 7) is -0.232. The number of nitrogens with zero attached hydrogens (tertiary/aromatic N) is 1. The lowest BCUT2D eigenvalue weighted by Gasteiger charge is -2.20. The minimum absolute atomic E-state index is 0.0979. The van der Waals surface area contributed by atoms with Crippen molar-refractivity contribution in [3.05, 3.63) is 37.6 Å². The number of rotatable bonds is 6. The van der Waals surface area contributed by atoms with Crippen molar-refractivity contribution < 1.29 is 37.0 Å². The van der Waals surface area contributed by atoms with E-state index in [0.717, 1.165) is 11.0 Å². The Morgan fingerprint density at radius 1 is 1.34 bits per heavy atom. The average Bonchev–Trinajstić information content (AvgIpc) is 3.38. The van der Waals surface area contributed by atoms with Crippen LogP contribution in [0.1, 0.15) is 31.1 Å². The quantitative estimate of drug-likeness (QED) is 0.525. The zero-order valence-electron chi connectivity index (χ0n) is 16.4. The van der Waals surface area contributed by atoms with E-state index in [1.807, 2.05) is 0 Å². The average molecular weight is 526 g/mol. The molecular formula is C18H19BrF3N3O7. The first-order valence-electron chi connectivity index (χ1n) is 9.55. The fraction of sp³-hybridized carbons (Fsp3) is 0.556. The molecule has 2 fully saturated rings. The van der Waals surface area contributed by atoms with Crippen LogP contribution in [0.25, 0.3) is 6.08 Å². The molecule has 3 heterocycles. The number of nitrogens with one attached hydrogen (secondary N) is 2. The summed E-state index contributed by atoms with van der Waals surface area (Å²) in [5, 5.41) is 2.94. The van der Waals surface area contributed by atoms with Gasteiger partial charge in [-0.15, -0.1) is 0 Å². The monoisotopic (exact) mass is 525 g/mol. The van der Waals surface area contributed by atoms with Crippen molar-refractivity contribution in [1.29, 1.82) is 0 Å². The maximum atomic E-state index is 12.5. The maximum Gasteiger partial charge on any atom is 0.490 e. The topological polar surface area (TPSA) is 129 Å². The van der Waals surface area contributed by atoms with Crippen molar-refractivity contribution in [3.63, 3.8) is 0 Å². The first kappa shape index (κ1) is 24.2. The lowest BCUT2D eigenvalue weighted by Crippen LogP contribution is -2.39. The number of hydrogen-bond donors (Lipinski definition) is 2. The Morgan fingerprint density at radius 3 is 2.72 bits per heavy atom. The SMILES string of the molecule is O=C(OC1C[C@H](n2cc(/C=C/Br)c(=O)[nH]c2=O)O[C@@H]1COC(=O)C(F)(F)F)[C@@H]1CCCN1. The molecule has 0 bridgehead atoms. The number of H-pyrrole nitrogens is 1. The van der Waals surface area contributed by atoms with Gasteiger partial charge in [-0.2, -0.15) is 13.2 Å². The molecule has 4 atom stereocenters. The largest absolute Gasteiger partial charge is 0.490 e. The molecule has 0 aliphatic carbocycles. The molecule has 176 valence electrons. The molecule has 0 aromatic carbocycles. The van der Waals surface area contributed by atoms with Crippen molar-refractivity contribution in [2.24, 2.45) is 0 Å². The van der Waals surface area contributed by atoms with Crippen LogP contribution in [0.3, 0.4) is 0 Å². The second-order valence-corrected chi connectivity index (χ2v) is 7.66. The van der Waals surface area contributed by atoms with Gasteiger partial charge in [-0.05, 0) is 30.4 Å². The normalized spacial score (nSPS) is 25.9. The first-order valence-corrected chi connectivity index (χ1v) is 10.5. The van der Waals surface area contributed by atoms with E-state index in [4.69, 9.17) is 9.47 Å². The molecule has 10 nitrogen and oxygen atoms in total. The lowest BCUT2D eigenvalue weighted by molar-refractivity contribution is -0.204. The van der Waals surface area contributed by atoms with Crippen LogP contribution in [0.15, 0.2) is 20.8 Å². The van der Waals surface area contributed by atoms with Crippen LogP contribution in [-0.2, 0) is 23.8 Å². The summed E-state index contributed by atoms with van der Waals surface area (Å²) < 4.78 is 53.8. The van der Waals surface area contributed by atoms with Gasteiger partial charge in [0.25, 0.3) is 5.56 Å². The van der Waals surface area contributed by atoms with Gasteiger partial charge in [0, 0.05) is 12.6 Å². The van der Waals surface area contributed by atoms with Crippen LogP contribution >= 0.6 is 15.9 Å². The molecule has 1 aromatic rings. The van der Waals surface area contributed by atoms with Crippen molar-refractivity contribution in [3.8, 4) is 0 Å². The van der Waals surface area contributed by atoms with Crippen LogP contribution in [0.2, 0.25) is 0 Å². The van der Waals surface area contributed by atoms with Gasteiger partial charge in [-0.1, -0.05) is 15.9 Å². The molecule has 1 unspecified atom stereocenters. The zero-order valence-corrected chi connectivity index (χ0v) is 18.0. The third kappa shape index (κ3) is 5.66. The summed E-state index contributed by atoms with van der Waals surface area (Å²) in [7, 11) is 0. The second-order valence-electron chi connectivity index (χ2n) is 7.13. The van der Waals surface area contributed by atoms with Gasteiger partial charge in [0.1, 0.15) is 31.1 Å². The zero-order chi connectivity index (χ0) is 23.5. The van der Waals surface area contributed by atoms with Gasteiger partial charge < -0.3 is 19.5 Å². The third-order valence-electron chi connectivity index (χ3n) is 4.95. The Balaban J connectivity index is 1.81. The summed E-state index contributed by atoms with van der Waals surface area (Å²) >= 11 is 3.02.